The van der Waals surface area contributed by atoms with Crippen LogP contribution in [0.15, 0.2) is 77.7 Å². The van der Waals surface area contributed by atoms with Crippen LogP contribution in [0.3, 0.4) is 0 Å². The first kappa shape index (κ1) is 29.9. The van der Waals surface area contributed by atoms with Gasteiger partial charge in [-0.3, -0.25) is 13.9 Å². The van der Waals surface area contributed by atoms with Crippen molar-refractivity contribution in [2.45, 2.75) is 63.1 Å². The lowest BCUT2D eigenvalue weighted by Gasteiger charge is -2.32. The Bertz CT molecular complexity index is 1460. The highest BCUT2D eigenvalue weighted by molar-refractivity contribution is 7.92. The zero-order chi connectivity index (χ0) is 28.9. The normalized spacial score (nSPS) is 14.5. The van der Waals surface area contributed by atoms with E-state index in [0.717, 1.165) is 41.1 Å². The lowest BCUT2D eigenvalue weighted by Crippen LogP contribution is -2.52. The Labute approximate surface area is 246 Å². The van der Waals surface area contributed by atoms with Crippen LogP contribution in [0.5, 0.6) is 0 Å². The summed E-state index contributed by atoms with van der Waals surface area (Å²) in [5.41, 5.74) is 2.03. The second-order valence-corrected chi connectivity index (χ2v) is 12.8. The van der Waals surface area contributed by atoms with Crippen molar-refractivity contribution in [1.82, 2.24) is 10.2 Å². The van der Waals surface area contributed by atoms with Gasteiger partial charge in [-0.25, -0.2) is 8.42 Å². The van der Waals surface area contributed by atoms with Gasteiger partial charge in [0.2, 0.25) is 11.8 Å². The molecule has 212 valence electrons. The molecule has 1 N–H and O–H groups in total. The van der Waals surface area contributed by atoms with E-state index < -0.39 is 28.5 Å². The van der Waals surface area contributed by atoms with Gasteiger partial charge in [0.05, 0.1) is 20.6 Å². The Morgan fingerprint density at radius 3 is 2.30 bits per heavy atom. The zero-order valence-corrected chi connectivity index (χ0v) is 24.8. The van der Waals surface area contributed by atoms with Crippen molar-refractivity contribution >= 4 is 50.7 Å². The number of aryl methyl sites for hydroxylation is 1. The summed E-state index contributed by atoms with van der Waals surface area (Å²) < 4.78 is 28.7. The number of amides is 2. The van der Waals surface area contributed by atoms with E-state index in [0.29, 0.717) is 0 Å². The number of sulfonamides is 1. The Kier molecular flexibility index (Phi) is 9.77. The number of hydrogen-bond acceptors (Lipinski definition) is 4. The predicted octanol–water partition coefficient (Wildman–Crippen LogP) is 5.97. The summed E-state index contributed by atoms with van der Waals surface area (Å²) in [6.07, 6.45) is 3.93. The molecule has 3 aromatic rings. The van der Waals surface area contributed by atoms with Gasteiger partial charge in [0.1, 0.15) is 12.6 Å². The van der Waals surface area contributed by atoms with Gasteiger partial charge in [0.15, 0.2) is 0 Å². The van der Waals surface area contributed by atoms with Crippen molar-refractivity contribution in [1.29, 1.82) is 0 Å². The highest BCUT2D eigenvalue weighted by atomic mass is 35.5. The molecule has 0 heterocycles. The number of nitrogens with zero attached hydrogens (tertiary/aromatic N) is 2. The molecule has 0 spiro atoms. The van der Waals surface area contributed by atoms with E-state index in [1.165, 1.54) is 35.2 Å². The molecule has 0 bridgehead atoms. The molecule has 0 radical (unpaired) electrons. The Hall–Kier alpha value is -3.07. The van der Waals surface area contributed by atoms with E-state index in [-0.39, 0.29) is 39.1 Å². The quantitative estimate of drug-likeness (QED) is 0.310. The summed E-state index contributed by atoms with van der Waals surface area (Å²) in [4.78, 5) is 28.8. The van der Waals surface area contributed by atoms with Crippen LogP contribution in [-0.2, 0) is 26.2 Å². The Morgan fingerprint density at radius 2 is 1.65 bits per heavy atom. The maximum absolute atomic E-state index is 14.0. The van der Waals surface area contributed by atoms with Gasteiger partial charge < -0.3 is 10.2 Å². The summed E-state index contributed by atoms with van der Waals surface area (Å²) in [7, 11) is -4.17. The van der Waals surface area contributed by atoms with Crippen molar-refractivity contribution in [2.24, 2.45) is 0 Å². The van der Waals surface area contributed by atoms with E-state index in [1.54, 1.807) is 25.1 Å². The van der Waals surface area contributed by atoms with Gasteiger partial charge in [-0.15, -0.1) is 0 Å². The highest BCUT2D eigenvalue weighted by Gasteiger charge is 2.33. The predicted molar refractivity (Wildman–Crippen MR) is 159 cm³/mol. The van der Waals surface area contributed by atoms with Gasteiger partial charge in [0, 0.05) is 12.6 Å². The van der Waals surface area contributed by atoms with E-state index in [2.05, 4.69) is 5.32 Å². The van der Waals surface area contributed by atoms with Gasteiger partial charge in [-0.1, -0.05) is 84.1 Å². The van der Waals surface area contributed by atoms with Crippen LogP contribution < -0.4 is 9.62 Å². The average Bonchev–Trinajstić information content (AvgIpc) is 3.45. The van der Waals surface area contributed by atoms with Gasteiger partial charge >= 0.3 is 0 Å². The molecule has 0 aromatic heterocycles. The molecule has 1 aliphatic rings. The number of anilines is 1. The molecule has 4 rings (SSSR count). The smallest absolute Gasteiger partial charge is 0.264 e. The van der Waals surface area contributed by atoms with Crippen LogP contribution in [0.1, 0.15) is 43.7 Å². The molecule has 2 amide bonds. The number of halogens is 2. The number of benzene rings is 3. The van der Waals surface area contributed by atoms with Crippen LogP contribution in [0.25, 0.3) is 0 Å². The van der Waals surface area contributed by atoms with E-state index in [4.69, 9.17) is 23.2 Å². The van der Waals surface area contributed by atoms with E-state index >= 15 is 0 Å². The second-order valence-electron chi connectivity index (χ2n) is 10.1. The standard InChI is InChI=1S/C30H33Cl2N3O4S/c1-21-9-8-10-23(17-21)19-34(22(2)30(37)33-24-11-6-7-12-24)29(36)20-35(25-15-16-27(31)28(32)18-25)40(38,39)26-13-4-3-5-14-26/h3-5,8-10,13-18,22,24H,6-7,11-12,19-20H2,1-2H3,(H,33,37)/t22-/m0/s1. The minimum absolute atomic E-state index is 0.0196. The summed E-state index contributed by atoms with van der Waals surface area (Å²) in [6.45, 7) is 3.22. The summed E-state index contributed by atoms with van der Waals surface area (Å²) in [6, 6.07) is 19.2. The minimum atomic E-state index is -4.17. The van der Waals surface area contributed by atoms with E-state index in [1.807, 2.05) is 31.2 Å². The molecule has 1 saturated carbocycles. The van der Waals surface area contributed by atoms with Crippen LogP contribution >= 0.6 is 23.2 Å². The minimum Gasteiger partial charge on any atom is -0.352 e. The monoisotopic (exact) mass is 601 g/mol. The summed E-state index contributed by atoms with van der Waals surface area (Å²) >= 11 is 12.3. The number of rotatable bonds is 10. The summed E-state index contributed by atoms with van der Waals surface area (Å²) in [5.74, 6) is -0.791. The summed E-state index contributed by atoms with van der Waals surface area (Å²) in [5, 5.41) is 3.48. The lowest BCUT2D eigenvalue weighted by atomic mass is 10.1. The SMILES string of the molecule is Cc1cccc(CN(C(=O)CN(c2ccc(Cl)c(Cl)c2)S(=O)(=O)c2ccccc2)[C@@H](C)C(=O)NC2CCCC2)c1. The number of nitrogens with one attached hydrogen (secondary N) is 1. The van der Waals surface area contributed by atoms with Crippen LogP contribution in [-0.4, -0.2) is 43.8 Å². The molecule has 10 heteroatoms. The number of carbonyl (C=O) groups excluding carboxylic acids is 2. The Morgan fingerprint density at radius 1 is 0.950 bits per heavy atom. The number of hydrogen-bond donors (Lipinski definition) is 1. The molecule has 0 unspecified atom stereocenters. The zero-order valence-electron chi connectivity index (χ0n) is 22.5. The molecule has 1 aliphatic carbocycles. The lowest BCUT2D eigenvalue weighted by molar-refractivity contribution is -0.139. The highest BCUT2D eigenvalue weighted by Crippen LogP contribution is 2.31. The van der Waals surface area contributed by atoms with Crippen molar-refractivity contribution in [3.63, 3.8) is 0 Å². The molecule has 7 nitrogen and oxygen atoms in total. The van der Waals surface area contributed by atoms with Crippen LogP contribution in [0.2, 0.25) is 10.0 Å². The average molecular weight is 603 g/mol. The van der Waals surface area contributed by atoms with Crippen LogP contribution in [0.4, 0.5) is 5.69 Å². The fourth-order valence-corrected chi connectivity index (χ4v) is 6.59. The van der Waals surface area contributed by atoms with Crippen molar-refractivity contribution in [3.8, 4) is 0 Å². The molecular formula is C30H33Cl2N3O4S. The van der Waals surface area contributed by atoms with Gasteiger partial charge in [-0.2, -0.15) is 0 Å². The topological polar surface area (TPSA) is 86.8 Å². The maximum atomic E-state index is 14.0. The molecule has 1 fully saturated rings. The molecule has 1 atom stereocenters. The molecule has 0 saturated heterocycles. The third-order valence-electron chi connectivity index (χ3n) is 7.11. The van der Waals surface area contributed by atoms with Crippen LogP contribution in [0, 0.1) is 6.92 Å². The third-order valence-corrected chi connectivity index (χ3v) is 9.63. The molecule has 0 aliphatic heterocycles. The van der Waals surface area contributed by atoms with Gasteiger partial charge in [0.25, 0.3) is 10.0 Å². The molecule has 3 aromatic carbocycles. The first-order valence-electron chi connectivity index (χ1n) is 13.2. The fraction of sp³-hybridized carbons (Fsp3) is 0.333. The first-order chi connectivity index (χ1) is 19.1. The molecule has 40 heavy (non-hydrogen) atoms. The van der Waals surface area contributed by atoms with Gasteiger partial charge in [-0.05, 0) is 62.6 Å². The van der Waals surface area contributed by atoms with Crippen molar-refractivity contribution < 1.29 is 18.0 Å². The molecular weight excluding hydrogens is 569 g/mol. The Balaban J connectivity index is 1.69. The maximum Gasteiger partial charge on any atom is 0.264 e. The second kappa shape index (κ2) is 13.1. The van der Waals surface area contributed by atoms with Crippen molar-refractivity contribution in [3.05, 3.63) is 94.0 Å². The number of carbonyl (C=O) groups is 2. The third kappa shape index (κ3) is 7.16. The fourth-order valence-electron chi connectivity index (χ4n) is 4.87. The van der Waals surface area contributed by atoms with E-state index in [9.17, 15) is 18.0 Å². The largest absolute Gasteiger partial charge is 0.352 e. The van der Waals surface area contributed by atoms with Crippen molar-refractivity contribution in [2.75, 3.05) is 10.8 Å². The first-order valence-corrected chi connectivity index (χ1v) is 15.4.